The van der Waals surface area contributed by atoms with Crippen LogP contribution in [0.4, 0.5) is 0 Å². The number of aliphatic hydroxyl groups excluding tert-OH is 1. The molecule has 168 valence electrons. The van der Waals surface area contributed by atoms with E-state index in [0.29, 0.717) is 12.2 Å². The van der Waals surface area contributed by atoms with Crippen molar-refractivity contribution in [1.82, 2.24) is 9.80 Å². The van der Waals surface area contributed by atoms with Crippen molar-refractivity contribution in [2.24, 2.45) is 0 Å². The molecule has 1 saturated heterocycles. The van der Waals surface area contributed by atoms with Gasteiger partial charge in [0.25, 0.3) is 11.8 Å². The lowest BCUT2D eigenvalue weighted by molar-refractivity contribution is -0.156. The zero-order chi connectivity index (χ0) is 22.7. The van der Waals surface area contributed by atoms with E-state index in [2.05, 4.69) is 0 Å². The molecule has 1 aliphatic rings. The van der Waals surface area contributed by atoms with Crippen LogP contribution >= 0.6 is 23.5 Å². The number of methoxy groups -OCH3 is 1. The van der Waals surface area contributed by atoms with Crippen LogP contribution in [-0.4, -0.2) is 89.0 Å². The average molecular weight is 457 g/mol. The maximum absolute atomic E-state index is 13.2. The zero-order valence-corrected chi connectivity index (χ0v) is 20.3. The number of likely N-dealkylation sites (N-methyl/N-ethyl adjacent to an activating group) is 2. The van der Waals surface area contributed by atoms with Gasteiger partial charge in [-0.25, -0.2) is 0 Å². The van der Waals surface area contributed by atoms with Crippen LogP contribution in [0.2, 0.25) is 0 Å². The second-order valence-corrected chi connectivity index (χ2v) is 9.85. The molecule has 1 aromatic rings. The number of nitrogens with zero attached hydrogens (tertiary/aromatic N) is 2. The number of carbonyl (C=O) groups excluding carboxylic acids is 2. The van der Waals surface area contributed by atoms with E-state index in [9.17, 15) is 14.7 Å². The fourth-order valence-corrected chi connectivity index (χ4v) is 5.04. The molecule has 0 bridgehead atoms. The zero-order valence-electron chi connectivity index (χ0n) is 18.7. The first-order valence-electron chi connectivity index (χ1n) is 9.62. The third kappa shape index (κ3) is 4.74. The molecule has 1 aliphatic heterocycles. The standard InChI is InChI=1S/C21H32N2O5S2/c1-20(2,27-5)16(24)13-28-15-10-8-14(9-11-15)12-21(30-7)19(26)22(3)18(29-6)17(25)23(21)4/h8-11,16,18,24H,12-13H2,1-7H3/t16-,18+,21-/m0/s1. The van der Waals surface area contributed by atoms with Gasteiger partial charge in [0.15, 0.2) is 10.2 Å². The average Bonchev–Trinajstić information content (AvgIpc) is 2.75. The molecule has 2 amide bonds. The molecule has 0 saturated carbocycles. The Balaban J connectivity index is 2.15. The van der Waals surface area contributed by atoms with E-state index in [4.69, 9.17) is 9.47 Å². The van der Waals surface area contributed by atoms with Gasteiger partial charge in [0.2, 0.25) is 0 Å². The summed E-state index contributed by atoms with van der Waals surface area (Å²) in [5.74, 6) is 0.456. The van der Waals surface area contributed by atoms with Gasteiger partial charge in [-0.05, 0) is 44.1 Å². The van der Waals surface area contributed by atoms with Gasteiger partial charge < -0.3 is 24.4 Å². The SMILES string of the molecule is COC(C)(C)[C@@H](O)COc1ccc(C[C@]2(SC)C(=O)N(C)[C@H](SC)C(=O)N2C)cc1. The normalized spacial score (nSPS) is 23.7. The molecule has 0 unspecified atom stereocenters. The Morgan fingerprint density at radius 1 is 1.20 bits per heavy atom. The predicted molar refractivity (Wildman–Crippen MR) is 122 cm³/mol. The molecule has 0 aliphatic carbocycles. The maximum Gasteiger partial charge on any atom is 0.260 e. The molecule has 0 radical (unpaired) electrons. The molecule has 1 N–H and O–H groups in total. The van der Waals surface area contributed by atoms with Crippen molar-refractivity contribution >= 4 is 35.3 Å². The first-order valence-corrected chi connectivity index (χ1v) is 12.1. The fraction of sp³-hybridized carbons (Fsp3) is 0.619. The van der Waals surface area contributed by atoms with Crippen LogP contribution in [0.1, 0.15) is 19.4 Å². The summed E-state index contributed by atoms with van der Waals surface area (Å²) in [7, 11) is 4.93. The number of piperazine rings is 1. The van der Waals surface area contributed by atoms with Gasteiger partial charge in [-0.15, -0.1) is 23.5 Å². The van der Waals surface area contributed by atoms with Gasteiger partial charge in [-0.2, -0.15) is 0 Å². The van der Waals surface area contributed by atoms with Crippen molar-refractivity contribution < 1.29 is 24.2 Å². The Bertz CT molecular complexity index is 758. The first kappa shape index (κ1) is 24.8. The number of rotatable bonds is 9. The minimum absolute atomic E-state index is 0.0753. The van der Waals surface area contributed by atoms with Gasteiger partial charge in [-0.3, -0.25) is 9.59 Å². The summed E-state index contributed by atoms with van der Waals surface area (Å²) in [6.07, 6.45) is 3.29. The predicted octanol–water partition coefficient (Wildman–Crippen LogP) is 2.07. The largest absolute Gasteiger partial charge is 0.491 e. The van der Waals surface area contributed by atoms with Crippen molar-refractivity contribution in [2.45, 2.75) is 42.2 Å². The van der Waals surface area contributed by atoms with Crippen LogP contribution in [0.3, 0.4) is 0 Å². The van der Waals surface area contributed by atoms with Gasteiger partial charge in [0.05, 0.1) is 5.60 Å². The Hall–Kier alpha value is -1.42. The first-order chi connectivity index (χ1) is 14.0. The van der Waals surface area contributed by atoms with E-state index in [0.717, 1.165) is 5.56 Å². The monoisotopic (exact) mass is 456 g/mol. The van der Waals surface area contributed by atoms with Crippen LogP contribution in [0.5, 0.6) is 5.75 Å². The molecule has 1 heterocycles. The van der Waals surface area contributed by atoms with E-state index < -0.39 is 21.9 Å². The van der Waals surface area contributed by atoms with E-state index in [1.54, 1.807) is 57.0 Å². The summed E-state index contributed by atoms with van der Waals surface area (Å²) in [5.41, 5.74) is 0.211. The lowest BCUT2D eigenvalue weighted by Crippen LogP contribution is -2.68. The lowest BCUT2D eigenvalue weighted by atomic mass is 10.0. The van der Waals surface area contributed by atoms with Crippen LogP contribution in [0.15, 0.2) is 24.3 Å². The summed E-state index contributed by atoms with van der Waals surface area (Å²) < 4.78 is 10.9. The third-order valence-electron chi connectivity index (χ3n) is 5.75. The number of ether oxygens (including phenoxy) is 2. The lowest BCUT2D eigenvalue weighted by Gasteiger charge is -2.48. The highest BCUT2D eigenvalue weighted by molar-refractivity contribution is 8.01. The number of hydrogen-bond acceptors (Lipinski definition) is 7. The minimum atomic E-state index is -0.987. The van der Waals surface area contributed by atoms with E-state index in [-0.39, 0.29) is 18.4 Å². The maximum atomic E-state index is 13.2. The van der Waals surface area contributed by atoms with Gasteiger partial charge in [0, 0.05) is 27.6 Å². The Labute approximate surface area is 187 Å². The Morgan fingerprint density at radius 3 is 2.30 bits per heavy atom. The molecule has 3 atom stereocenters. The molecule has 0 spiro atoms. The number of benzene rings is 1. The van der Waals surface area contributed by atoms with Crippen molar-refractivity contribution in [1.29, 1.82) is 0 Å². The molecule has 0 aromatic heterocycles. The van der Waals surface area contributed by atoms with Crippen LogP contribution in [0, 0.1) is 0 Å². The second-order valence-electron chi connectivity index (χ2n) is 7.84. The Morgan fingerprint density at radius 2 is 1.80 bits per heavy atom. The summed E-state index contributed by atoms with van der Waals surface area (Å²) in [6.45, 7) is 3.69. The van der Waals surface area contributed by atoms with E-state index >= 15 is 0 Å². The summed E-state index contributed by atoms with van der Waals surface area (Å²) >= 11 is 2.73. The molecule has 30 heavy (non-hydrogen) atoms. The van der Waals surface area contributed by atoms with Crippen molar-refractivity contribution in [3.63, 3.8) is 0 Å². The highest BCUT2D eigenvalue weighted by Gasteiger charge is 2.53. The van der Waals surface area contributed by atoms with Crippen molar-refractivity contribution in [3.8, 4) is 5.75 Å². The van der Waals surface area contributed by atoms with Crippen molar-refractivity contribution in [2.75, 3.05) is 40.3 Å². The van der Waals surface area contributed by atoms with Crippen LogP contribution < -0.4 is 4.74 Å². The number of thioether (sulfide) groups is 2. The quantitative estimate of drug-likeness (QED) is 0.609. The summed E-state index contributed by atoms with van der Waals surface area (Å²) in [5, 5.41) is 9.69. The molecular formula is C21H32N2O5S2. The third-order valence-corrected chi connectivity index (χ3v) is 7.99. The molecule has 2 rings (SSSR count). The molecule has 1 fully saturated rings. The van der Waals surface area contributed by atoms with Crippen molar-refractivity contribution in [3.05, 3.63) is 29.8 Å². The molecule has 7 nitrogen and oxygen atoms in total. The van der Waals surface area contributed by atoms with Crippen LogP contribution in [-0.2, 0) is 20.7 Å². The van der Waals surface area contributed by atoms with Gasteiger partial charge in [0.1, 0.15) is 18.5 Å². The smallest absolute Gasteiger partial charge is 0.260 e. The highest BCUT2D eigenvalue weighted by atomic mass is 32.2. The highest BCUT2D eigenvalue weighted by Crippen LogP contribution is 2.39. The number of aliphatic hydroxyl groups is 1. The molecular weight excluding hydrogens is 424 g/mol. The number of amides is 2. The van der Waals surface area contributed by atoms with Gasteiger partial charge >= 0.3 is 0 Å². The number of hydrogen-bond donors (Lipinski definition) is 1. The molecule has 9 heteroatoms. The Kier molecular flexibility index (Phi) is 8.12. The van der Waals surface area contributed by atoms with E-state index in [1.807, 2.05) is 24.6 Å². The van der Waals surface area contributed by atoms with E-state index in [1.165, 1.54) is 23.5 Å². The summed E-state index contributed by atoms with van der Waals surface area (Å²) in [6, 6.07) is 7.37. The molecule has 1 aromatic carbocycles. The fourth-order valence-electron chi connectivity index (χ4n) is 3.28. The number of carbonyl (C=O) groups is 2. The van der Waals surface area contributed by atoms with Gasteiger partial charge in [-0.1, -0.05) is 12.1 Å². The minimum Gasteiger partial charge on any atom is -0.491 e. The topological polar surface area (TPSA) is 79.3 Å². The summed E-state index contributed by atoms with van der Waals surface area (Å²) in [4.78, 5) is 28.2. The second kappa shape index (κ2) is 9.80. The van der Waals surface area contributed by atoms with Crippen LogP contribution in [0.25, 0.3) is 0 Å².